The lowest BCUT2D eigenvalue weighted by molar-refractivity contribution is -0.263. The van der Waals surface area contributed by atoms with Gasteiger partial charge in [-0.2, -0.15) is 0 Å². The lowest BCUT2D eigenvalue weighted by Gasteiger charge is -2.44. The van der Waals surface area contributed by atoms with Crippen LogP contribution in [0.15, 0.2) is 77.9 Å². The molecule has 4 aliphatic rings. The third-order valence-electron chi connectivity index (χ3n) is 16.1. The number of methoxy groups -OCH3 is 2. The van der Waals surface area contributed by atoms with Crippen LogP contribution >= 0.6 is 0 Å². The minimum absolute atomic E-state index is 0.0300. The Balaban J connectivity index is 1.51. The number of carbonyl (C=O) groups is 4. The van der Waals surface area contributed by atoms with Crippen molar-refractivity contribution in [1.82, 2.24) is 4.90 Å². The zero-order chi connectivity index (χ0) is 52.7. The first kappa shape index (κ1) is 58.9. The summed E-state index contributed by atoms with van der Waals surface area (Å²) < 4.78 is 24.2. The molecule has 1 aromatic carbocycles. The summed E-state index contributed by atoms with van der Waals surface area (Å²) in [5.74, 6) is -6.39. The van der Waals surface area contributed by atoms with E-state index in [4.69, 9.17) is 18.9 Å². The van der Waals surface area contributed by atoms with Gasteiger partial charge in [0.05, 0.1) is 31.0 Å². The maximum atomic E-state index is 14.6. The van der Waals surface area contributed by atoms with Crippen LogP contribution in [-0.4, -0.2) is 137 Å². The fraction of sp³-hybridized carbons (Fsp3) is 0.690. The molecule has 2 saturated heterocycles. The second-order valence-electron chi connectivity index (χ2n) is 21.7. The van der Waals surface area contributed by atoms with Gasteiger partial charge in [-0.25, -0.2) is 4.79 Å². The molecule has 1 aromatic rings. The normalized spacial score (nSPS) is 37.5. The molecular formula is C58H88N2O12. The molecule has 72 heavy (non-hydrogen) atoms. The van der Waals surface area contributed by atoms with E-state index in [-0.39, 0.29) is 61.2 Å². The molecule has 1 saturated carbocycles. The van der Waals surface area contributed by atoms with Gasteiger partial charge >= 0.3 is 5.97 Å². The summed E-state index contributed by atoms with van der Waals surface area (Å²) in [4.78, 5) is 60.9. The molecule has 3 fully saturated rings. The van der Waals surface area contributed by atoms with Gasteiger partial charge in [-0.3, -0.25) is 14.4 Å². The lowest BCUT2D eigenvalue weighted by atomic mass is 9.78. The van der Waals surface area contributed by atoms with Crippen LogP contribution in [-0.2, 0) is 38.1 Å². The topological polar surface area (TPSA) is 193 Å². The monoisotopic (exact) mass is 1000 g/mol. The quantitative estimate of drug-likeness (QED) is 0.106. The Hall–Kier alpha value is -4.02. The minimum Gasteiger partial charge on any atom is -0.461 e. The van der Waals surface area contributed by atoms with E-state index < -0.39 is 71.8 Å². The highest BCUT2D eigenvalue weighted by atomic mass is 16.6. The Morgan fingerprint density at radius 3 is 2.26 bits per heavy atom. The molecule has 4 N–H and O–H groups in total. The number of amides is 1. The van der Waals surface area contributed by atoms with Gasteiger partial charge in [0.25, 0.3) is 11.7 Å². The number of carbonyl (C=O) groups excluding carboxylic acids is 4. The zero-order valence-corrected chi connectivity index (χ0v) is 44.7. The summed E-state index contributed by atoms with van der Waals surface area (Å²) in [6.07, 6.45) is 14.6. The maximum absolute atomic E-state index is 14.6. The Kier molecular flexibility index (Phi) is 22.9. The highest BCUT2D eigenvalue weighted by Gasteiger charge is 2.53. The first-order valence-corrected chi connectivity index (χ1v) is 26.9. The van der Waals surface area contributed by atoms with Crippen molar-refractivity contribution in [3.63, 3.8) is 0 Å². The number of Topliss-reactive ketones (excluding diaryl/α,β-unsaturated/α-hetero) is 2. The summed E-state index contributed by atoms with van der Waals surface area (Å²) in [6.45, 7) is 13.8. The molecule has 1 amide bonds. The number of anilines is 1. The first-order valence-electron chi connectivity index (χ1n) is 26.9. The summed E-state index contributed by atoms with van der Waals surface area (Å²) in [6, 6.07) is 8.31. The van der Waals surface area contributed by atoms with E-state index in [2.05, 4.69) is 11.8 Å². The molecule has 0 radical (unpaired) electrons. The van der Waals surface area contributed by atoms with Crippen molar-refractivity contribution in [3.8, 4) is 0 Å². The number of ketones is 2. The number of aliphatic hydroxyl groups excluding tert-OH is 3. The van der Waals surface area contributed by atoms with Gasteiger partial charge in [0.1, 0.15) is 24.4 Å². The SMILES string of the molecule is CO[C@@H]1C[C@@H](C[C@@H](C)[C@@H]2CC[C@H](C)/C=C(\C)[C@@H](O)[C@@H](OC)C(=O)[C@H](C)C[C@H](C)/C=C/C=C/C=C(\C)C(N(CCO)c3ccccc3)C[C@@H]3CC[C@@H](C)[C@@](O)(O3)C(=O)C(=O)N3CCCC[C@H]3C(=O)O2)CC[C@H]1O. The molecule has 402 valence electrons. The van der Waals surface area contributed by atoms with Gasteiger partial charge in [-0.1, -0.05) is 94.8 Å². The van der Waals surface area contributed by atoms with Crippen LogP contribution in [0.3, 0.4) is 0 Å². The van der Waals surface area contributed by atoms with Crippen molar-refractivity contribution in [2.45, 2.75) is 186 Å². The Bertz CT molecular complexity index is 2040. The van der Waals surface area contributed by atoms with Crippen molar-refractivity contribution >= 4 is 29.1 Å². The summed E-state index contributed by atoms with van der Waals surface area (Å²) in [5.41, 5.74) is 2.40. The van der Waals surface area contributed by atoms with Gasteiger partial charge < -0.3 is 49.2 Å². The van der Waals surface area contributed by atoms with Gasteiger partial charge in [0.2, 0.25) is 5.79 Å². The first-order chi connectivity index (χ1) is 34.3. The third kappa shape index (κ3) is 15.5. The second kappa shape index (κ2) is 28.0. The van der Waals surface area contributed by atoms with Gasteiger partial charge in [-0.15, -0.1) is 0 Å². The molecule has 15 atom stereocenters. The van der Waals surface area contributed by atoms with Crippen LogP contribution in [0, 0.1) is 35.5 Å². The zero-order valence-electron chi connectivity index (χ0n) is 44.7. The van der Waals surface area contributed by atoms with Crippen molar-refractivity contribution in [2.75, 3.05) is 38.8 Å². The molecule has 0 spiro atoms. The summed E-state index contributed by atoms with van der Waals surface area (Å²) in [5, 5.41) is 44.8. The van der Waals surface area contributed by atoms with E-state index in [1.54, 1.807) is 21.0 Å². The van der Waals surface area contributed by atoms with Crippen molar-refractivity contribution < 1.29 is 58.6 Å². The molecule has 2 bridgehead atoms. The molecule has 14 nitrogen and oxygen atoms in total. The largest absolute Gasteiger partial charge is 0.461 e. The van der Waals surface area contributed by atoms with Crippen LogP contribution in [0.1, 0.15) is 132 Å². The van der Waals surface area contributed by atoms with Crippen LogP contribution in [0.5, 0.6) is 0 Å². The predicted molar refractivity (Wildman–Crippen MR) is 279 cm³/mol. The van der Waals surface area contributed by atoms with E-state index >= 15 is 0 Å². The fourth-order valence-corrected chi connectivity index (χ4v) is 11.6. The average Bonchev–Trinajstić information content (AvgIpc) is 3.37. The van der Waals surface area contributed by atoms with Gasteiger partial charge in [-0.05, 0) is 139 Å². The van der Waals surface area contributed by atoms with Crippen molar-refractivity contribution in [2.24, 2.45) is 35.5 Å². The number of cyclic esters (lactones) is 1. The molecule has 0 aromatic heterocycles. The Labute approximate surface area is 429 Å². The van der Waals surface area contributed by atoms with Crippen molar-refractivity contribution in [1.29, 1.82) is 0 Å². The molecule has 3 aliphatic heterocycles. The number of hydrogen-bond donors (Lipinski definition) is 4. The van der Waals surface area contributed by atoms with E-state index in [0.29, 0.717) is 82.7 Å². The third-order valence-corrected chi connectivity index (χ3v) is 16.1. The van der Waals surface area contributed by atoms with E-state index in [1.807, 2.05) is 94.5 Å². The number of hydrogen-bond acceptors (Lipinski definition) is 13. The number of allylic oxidation sites excluding steroid dienone is 6. The molecule has 5 rings (SSSR count). The average molecular weight is 1010 g/mol. The highest BCUT2D eigenvalue weighted by Crippen LogP contribution is 2.39. The number of ether oxygens (including phenoxy) is 4. The summed E-state index contributed by atoms with van der Waals surface area (Å²) in [7, 11) is 3.05. The van der Waals surface area contributed by atoms with Crippen LogP contribution in [0.4, 0.5) is 5.69 Å². The maximum Gasteiger partial charge on any atom is 0.329 e. The van der Waals surface area contributed by atoms with Crippen LogP contribution < -0.4 is 4.90 Å². The van der Waals surface area contributed by atoms with E-state index in [0.717, 1.165) is 17.7 Å². The van der Waals surface area contributed by atoms with Crippen LogP contribution in [0.2, 0.25) is 0 Å². The molecular weight excluding hydrogens is 917 g/mol. The smallest absolute Gasteiger partial charge is 0.329 e. The number of piperidine rings is 1. The van der Waals surface area contributed by atoms with Crippen LogP contribution in [0.25, 0.3) is 0 Å². The number of nitrogens with zero attached hydrogens (tertiary/aromatic N) is 2. The number of para-hydroxylation sites is 1. The Morgan fingerprint density at radius 1 is 0.833 bits per heavy atom. The number of rotatable bonds is 9. The highest BCUT2D eigenvalue weighted by molar-refractivity contribution is 6.39. The predicted octanol–water partition coefficient (Wildman–Crippen LogP) is 7.85. The van der Waals surface area contributed by atoms with Crippen molar-refractivity contribution in [3.05, 3.63) is 77.9 Å². The number of fused-ring (bicyclic) bond motifs is 3. The molecule has 14 heteroatoms. The van der Waals surface area contributed by atoms with Gasteiger partial charge in [0, 0.05) is 44.8 Å². The standard InChI is InChI=1S/C58H88N2O12/c1-37-18-12-10-13-19-39(3)48(59(30-31-61)45-20-14-11-15-21-45)36-46-26-24-43(7)58(68,72-46)55(65)56(66)60-29-17-16-22-47(60)57(67)71-50(40(4)34-44-25-27-49(62)51(35-44)69-8)28-23-38(2)33-42(6)53(64)54(70-9)52(63)41(5)32-37/h10-15,18-21,33,37-38,40-41,43-44,46-51,53-54,61-62,64,68H,16-17,22-32,34-36H2,1-9H3/b13-10+,18-12+,39-19+,42-33+/t37-,38+,40-,41-,43-,44-,46+,47+,48?,49-,50+,51-,53-,54+,58-/m1/s1. The fourth-order valence-electron chi connectivity index (χ4n) is 11.6. The van der Waals surface area contributed by atoms with Gasteiger partial charge in [0.15, 0.2) is 5.78 Å². The number of esters is 1. The van der Waals surface area contributed by atoms with E-state index in [9.17, 15) is 39.6 Å². The number of aliphatic hydroxyl groups is 4. The number of benzene rings is 1. The summed E-state index contributed by atoms with van der Waals surface area (Å²) >= 11 is 0. The molecule has 1 aliphatic carbocycles. The van der Waals surface area contributed by atoms with E-state index in [1.165, 1.54) is 12.0 Å². The second-order valence-corrected chi connectivity index (χ2v) is 21.7. The minimum atomic E-state index is -2.45. The lowest BCUT2D eigenvalue weighted by Crippen LogP contribution is -2.61. The Morgan fingerprint density at radius 2 is 1.57 bits per heavy atom. The molecule has 3 heterocycles. The molecule has 1 unspecified atom stereocenters.